The van der Waals surface area contributed by atoms with Crippen molar-refractivity contribution in [1.82, 2.24) is 14.5 Å². The number of carboxylic acid groups (broad SMARTS) is 1. The van der Waals surface area contributed by atoms with Crippen molar-refractivity contribution in [2.75, 3.05) is 37.2 Å². The van der Waals surface area contributed by atoms with E-state index in [0.717, 1.165) is 0 Å². The Bertz CT molecular complexity index is 1560. The summed E-state index contributed by atoms with van der Waals surface area (Å²) in [5.74, 6) is 0.486. The highest BCUT2D eigenvalue weighted by Gasteiger charge is 2.42. The Morgan fingerprint density at radius 2 is 1.82 bits per heavy atom. The molecule has 0 radical (unpaired) electrons. The number of anilines is 2. The Morgan fingerprint density at radius 3 is 2.40 bits per heavy atom. The molecule has 1 aliphatic heterocycles. The lowest BCUT2D eigenvalue weighted by molar-refractivity contribution is -0.0172. The lowest BCUT2D eigenvalue weighted by atomic mass is 9.77. The van der Waals surface area contributed by atoms with Crippen LogP contribution < -0.4 is 15.1 Å². The number of ether oxygens (including phenoxy) is 2. The lowest BCUT2D eigenvalue weighted by Gasteiger charge is -2.47. The van der Waals surface area contributed by atoms with Crippen LogP contribution in [0.2, 0.25) is 0 Å². The van der Waals surface area contributed by atoms with Crippen LogP contribution in [0, 0.1) is 23.7 Å². The molecule has 0 spiro atoms. The SMILES string of the molecule is COCCOc1ccc(C(=O)N(OC(C)(C)C)c2c(C)c(N[C@@H]3CCCN(C(=O)O)C3C(C)(C)C)c(C#N)c3ccnn23)cc1. The molecule has 12 heteroatoms. The third-order valence-corrected chi connectivity index (χ3v) is 7.66. The van der Waals surface area contributed by atoms with Crippen molar-refractivity contribution in [2.24, 2.45) is 5.41 Å². The zero-order valence-corrected chi connectivity index (χ0v) is 27.4. The van der Waals surface area contributed by atoms with Crippen LogP contribution in [0.25, 0.3) is 5.52 Å². The molecule has 12 nitrogen and oxygen atoms in total. The second-order valence-electron chi connectivity index (χ2n) is 13.3. The van der Waals surface area contributed by atoms with Gasteiger partial charge in [-0.15, -0.1) is 0 Å². The number of benzene rings is 1. The number of carbonyl (C=O) groups is 2. The van der Waals surface area contributed by atoms with Crippen molar-refractivity contribution in [1.29, 1.82) is 5.26 Å². The Balaban J connectivity index is 1.85. The number of hydroxylamine groups is 1. The average molecular weight is 621 g/mol. The lowest BCUT2D eigenvalue weighted by Crippen LogP contribution is -2.58. The van der Waals surface area contributed by atoms with Gasteiger partial charge in [0.1, 0.15) is 24.0 Å². The monoisotopic (exact) mass is 620 g/mol. The van der Waals surface area contributed by atoms with Crippen molar-refractivity contribution < 1.29 is 29.0 Å². The van der Waals surface area contributed by atoms with Gasteiger partial charge in [0.25, 0.3) is 5.91 Å². The molecule has 3 heterocycles. The summed E-state index contributed by atoms with van der Waals surface area (Å²) in [6.07, 6.45) is 1.97. The molecule has 242 valence electrons. The van der Waals surface area contributed by atoms with Crippen LogP contribution in [-0.4, -0.2) is 76.2 Å². The number of likely N-dealkylation sites (tertiary alicyclic amines) is 1. The number of nitrogens with zero attached hydrogens (tertiary/aromatic N) is 5. The van der Waals surface area contributed by atoms with Crippen LogP contribution in [-0.2, 0) is 9.57 Å². The van der Waals surface area contributed by atoms with Crippen molar-refractivity contribution >= 4 is 29.0 Å². The van der Waals surface area contributed by atoms with Gasteiger partial charge in [-0.05, 0) is 76.3 Å². The maximum atomic E-state index is 14.2. The number of aromatic nitrogens is 2. The molecule has 4 rings (SSSR count). The number of nitriles is 1. The zero-order valence-electron chi connectivity index (χ0n) is 27.4. The minimum absolute atomic E-state index is 0.294. The van der Waals surface area contributed by atoms with Gasteiger partial charge in [0.05, 0.1) is 35.7 Å². The fourth-order valence-electron chi connectivity index (χ4n) is 5.91. The van der Waals surface area contributed by atoms with Crippen molar-refractivity contribution in [3.8, 4) is 11.8 Å². The number of rotatable bonds is 9. The summed E-state index contributed by atoms with van der Waals surface area (Å²) in [5, 5.41) is 29.7. The van der Waals surface area contributed by atoms with E-state index in [9.17, 15) is 20.0 Å². The van der Waals surface area contributed by atoms with Crippen molar-refractivity contribution in [2.45, 2.75) is 79.0 Å². The predicted molar refractivity (Wildman–Crippen MR) is 171 cm³/mol. The van der Waals surface area contributed by atoms with Crippen LogP contribution in [0.5, 0.6) is 5.75 Å². The Hall–Kier alpha value is -4.34. The highest BCUT2D eigenvalue weighted by atomic mass is 16.7. The normalized spacial score (nSPS) is 17.2. The summed E-state index contributed by atoms with van der Waals surface area (Å²) in [5.41, 5.74) is 1.07. The second-order valence-corrected chi connectivity index (χ2v) is 13.3. The minimum Gasteiger partial charge on any atom is -0.491 e. The molecule has 2 amide bonds. The zero-order chi connectivity index (χ0) is 33.1. The molecular weight excluding hydrogens is 576 g/mol. The van der Waals surface area contributed by atoms with Gasteiger partial charge in [0, 0.05) is 30.8 Å². The third kappa shape index (κ3) is 7.32. The van der Waals surface area contributed by atoms with E-state index in [2.05, 4.69) is 16.5 Å². The van der Waals surface area contributed by atoms with E-state index in [0.29, 0.717) is 72.1 Å². The summed E-state index contributed by atoms with van der Waals surface area (Å²) < 4.78 is 12.2. The van der Waals surface area contributed by atoms with E-state index in [4.69, 9.17) is 14.3 Å². The van der Waals surface area contributed by atoms with E-state index in [1.165, 1.54) is 14.5 Å². The van der Waals surface area contributed by atoms with Gasteiger partial charge in [0.15, 0.2) is 5.82 Å². The number of hydrogen-bond acceptors (Lipinski definition) is 8. The third-order valence-electron chi connectivity index (χ3n) is 7.66. The number of fused-ring (bicyclic) bond motifs is 1. The van der Waals surface area contributed by atoms with Gasteiger partial charge in [0.2, 0.25) is 0 Å². The van der Waals surface area contributed by atoms with Crippen LogP contribution in [0.3, 0.4) is 0 Å². The van der Waals surface area contributed by atoms with Gasteiger partial charge in [-0.1, -0.05) is 20.8 Å². The summed E-state index contributed by atoms with van der Waals surface area (Å²) >= 11 is 0. The molecule has 1 saturated heterocycles. The first kappa shape index (κ1) is 33.6. The van der Waals surface area contributed by atoms with Crippen LogP contribution in [0.4, 0.5) is 16.3 Å². The Labute approximate surface area is 264 Å². The fraction of sp³-hybridized carbons (Fsp3) is 0.515. The highest BCUT2D eigenvalue weighted by molar-refractivity contribution is 6.05. The van der Waals surface area contributed by atoms with Crippen LogP contribution in [0.15, 0.2) is 36.5 Å². The molecule has 0 saturated carbocycles. The molecule has 2 atom stereocenters. The number of methoxy groups -OCH3 is 1. The molecular formula is C33H44N6O6. The van der Waals surface area contributed by atoms with E-state index in [1.807, 2.05) is 48.5 Å². The van der Waals surface area contributed by atoms with Crippen molar-refractivity contribution in [3.63, 3.8) is 0 Å². The molecule has 0 bridgehead atoms. The predicted octanol–water partition coefficient (Wildman–Crippen LogP) is 5.89. The summed E-state index contributed by atoms with van der Waals surface area (Å²) in [6, 6.07) is 10.1. The van der Waals surface area contributed by atoms with E-state index >= 15 is 0 Å². The largest absolute Gasteiger partial charge is 0.491 e. The van der Waals surface area contributed by atoms with E-state index in [1.54, 1.807) is 43.6 Å². The maximum absolute atomic E-state index is 14.2. The number of carbonyl (C=O) groups excluding carboxylic acids is 1. The van der Waals surface area contributed by atoms with Crippen LogP contribution in [0.1, 0.15) is 75.9 Å². The van der Waals surface area contributed by atoms with E-state index in [-0.39, 0.29) is 12.1 Å². The first-order valence-corrected chi connectivity index (χ1v) is 15.1. The van der Waals surface area contributed by atoms with Crippen molar-refractivity contribution in [3.05, 3.63) is 53.2 Å². The number of piperidine rings is 1. The number of amides is 2. The molecule has 3 aromatic rings. The second kappa shape index (κ2) is 13.3. The number of nitrogens with one attached hydrogen (secondary N) is 1. The molecule has 1 unspecified atom stereocenters. The molecule has 1 aliphatic rings. The molecule has 1 fully saturated rings. The minimum atomic E-state index is -0.976. The standard InChI is InChI=1S/C33H44N6O6/c1-21-27(36-25-10-9-17-37(31(41)42)28(25)32(2,3)4)24(20-34)26-15-16-35-38(26)29(21)39(45-33(5,6)7)30(40)22-11-13-23(14-12-22)44-19-18-43-8/h11-16,25,28,36H,9-10,17-19H2,1-8H3,(H,41,42)/t25-,28?/m1/s1. The molecule has 0 aliphatic carbocycles. The Kier molecular flexibility index (Phi) is 9.95. The molecule has 2 aromatic heterocycles. The average Bonchev–Trinajstić information content (AvgIpc) is 3.45. The summed E-state index contributed by atoms with van der Waals surface area (Å²) in [7, 11) is 1.60. The van der Waals surface area contributed by atoms with Gasteiger partial charge in [-0.25, -0.2) is 9.31 Å². The van der Waals surface area contributed by atoms with E-state index < -0.39 is 23.0 Å². The topological polar surface area (TPSA) is 142 Å². The maximum Gasteiger partial charge on any atom is 0.407 e. The van der Waals surface area contributed by atoms with Gasteiger partial charge >= 0.3 is 6.09 Å². The Morgan fingerprint density at radius 1 is 1.13 bits per heavy atom. The molecule has 45 heavy (non-hydrogen) atoms. The molecule has 2 N–H and O–H groups in total. The number of hydrogen-bond donors (Lipinski definition) is 2. The highest BCUT2D eigenvalue weighted by Crippen LogP contribution is 2.39. The quantitative estimate of drug-likeness (QED) is 0.221. The van der Waals surface area contributed by atoms with Gasteiger partial charge in [-0.2, -0.15) is 15.4 Å². The summed E-state index contributed by atoms with van der Waals surface area (Å²) in [4.78, 5) is 34.3. The van der Waals surface area contributed by atoms with Gasteiger partial charge in [-0.3, -0.25) is 9.63 Å². The first-order valence-electron chi connectivity index (χ1n) is 15.1. The summed E-state index contributed by atoms with van der Waals surface area (Å²) in [6.45, 7) is 14.6. The smallest absolute Gasteiger partial charge is 0.407 e. The van der Waals surface area contributed by atoms with Crippen LogP contribution >= 0.6 is 0 Å². The fourth-order valence-corrected chi connectivity index (χ4v) is 5.91. The number of pyridine rings is 1. The van der Waals surface area contributed by atoms with Gasteiger partial charge < -0.3 is 24.8 Å². The first-order chi connectivity index (χ1) is 21.2. The molecule has 1 aromatic carbocycles.